The van der Waals surface area contributed by atoms with E-state index in [-0.39, 0.29) is 6.61 Å². The van der Waals surface area contributed by atoms with E-state index < -0.39 is 35.3 Å². The van der Waals surface area contributed by atoms with Gasteiger partial charge in [0, 0.05) is 0 Å². The van der Waals surface area contributed by atoms with Gasteiger partial charge >= 0.3 is 12.3 Å². The molecule has 0 saturated carbocycles. The van der Waals surface area contributed by atoms with Crippen LogP contribution in [-0.4, -0.2) is 36.1 Å². The van der Waals surface area contributed by atoms with Crippen LogP contribution >= 0.6 is 0 Å². The van der Waals surface area contributed by atoms with Crippen molar-refractivity contribution in [3.63, 3.8) is 0 Å². The van der Waals surface area contributed by atoms with E-state index in [0.717, 1.165) is 13.3 Å². The van der Waals surface area contributed by atoms with E-state index in [9.17, 15) is 23.1 Å². The average Bonchev–Trinajstić information content (AvgIpc) is 2.27. The number of carbonyl (C=O) groups excluding carboxylic acids is 1. The first kappa shape index (κ1) is 14.9. The highest BCUT2D eigenvalue weighted by Gasteiger charge is 2.37. The van der Waals surface area contributed by atoms with Gasteiger partial charge in [-0.3, -0.25) is 0 Å². The molecule has 106 valence electrons. The smallest absolute Gasteiger partial charge is 0.505 e. The van der Waals surface area contributed by atoms with Gasteiger partial charge in [-0.1, -0.05) is 0 Å². The van der Waals surface area contributed by atoms with Crippen LogP contribution in [0.15, 0.2) is 6.20 Å². The van der Waals surface area contributed by atoms with Crippen molar-refractivity contribution in [2.75, 3.05) is 13.7 Å². The molecule has 1 N–H and O–H groups in total. The Morgan fingerprint density at radius 1 is 1.47 bits per heavy atom. The van der Waals surface area contributed by atoms with Crippen LogP contribution in [0.5, 0.6) is 17.4 Å². The molecule has 0 aliphatic heterocycles. The van der Waals surface area contributed by atoms with Gasteiger partial charge in [-0.2, -0.15) is 0 Å². The summed E-state index contributed by atoms with van der Waals surface area (Å²) in [6.45, 7) is 1.37. The number of methoxy groups -OCH3 is 1. The molecule has 0 bridgehead atoms. The molecule has 0 aliphatic rings. The minimum atomic E-state index is -5.08. The number of aromatic nitrogens is 1. The lowest BCUT2D eigenvalue weighted by Crippen LogP contribution is -2.20. The fraction of sp³-hybridized carbons (Fsp3) is 0.400. The van der Waals surface area contributed by atoms with E-state index in [2.05, 4.69) is 19.2 Å². The van der Waals surface area contributed by atoms with Gasteiger partial charge in [0.05, 0.1) is 19.9 Å². The lowest BCUT2D eigenvalue weighted by Gasteiger charge is -2.15. The second-order valence-corrected chi connectivity index (χ2v) is 3.13. The zero-order chi connectivity index (χ0) is 14.6. The Labute approximate surface area is 105 Å². The number of carbonyl (C=O) groups is 1. The number of nitrogens with zero attached hydrogens (tertiary/aromatic N) is 1. The molecule has 9 heteroatoms. The first-order valence-corrected chi connectivity index (χ1v) is 4.99. The third-order valence-corrected chi connectivity index (χ3v) is 1.87. The molecular formula is C10H10F3NO5. The number of alkyl halides is 3. The SMILES string of the molecule is CCOC(=O)c1c(O)cnc(OC)c1OC(F)(F)F. The number of halogens is 3. The minimum absolute atomic E-state index is 0.0889. The Kier molecular flexibility index (Phi) is 4.41. The fourth-order valence-electron chi connectivity index (χ4n) is 1.22. The maximum absolute atomic E-state index is 12.3. The van der Waals surface area contributed by atoms with Crippen molar-refractivity contribution in [3.8, 4) is 17.4 Å². The second-order valence-electron chi connectivity index (χ2n) is 3.13. The monoisotopic (exact) mass is 281 g/mol. The molecule has 1 heterocycles. The summed E-state index contributed by atoms with van der Waals surface area (Å²) >= 11 is 0. The van der Waals surface area contributed by atoms with E-state index in [1.165, 1.54) is 6.92 Å². The quantitative estimate of drug-likeness (QED) is 0.849. The number of hydrogen-bond acceptors (Lipinski definition) is 6. The number of ether oxygens (including phenoxy) is 3. The second kappa shape index (κ2) is 5.63. The third kappa shape index (κ3) is 3.63. The largest absolute Gasteiger partial charge is 0.573 e. The van der Waals surface area contributed by atoms with Gasteiger partial charge in [0.2, 0.25) is 5.75 Å². The molecule has 0 aromatic carbocycles. The molecule has 1 aromatic rings. The summed E-state index contributed by atoms with van der Waals surface area (Å²) in [5.74, 6) is -3.63. The van der Waals surface area contributed by atoms with Crippen molar-refractivity contribution in [1.29, 1.82) is 0 Å². The highest BCUT2D eigenvalue weighted by Crippen LogP contribution is 2.38. The molecule has 0 saturated heterocycles. The summed E-state index contributed by atoms with van der Waals surface area (Å²) in [5.41, 5.74) is -0.800. The molecule has 6 nitrogen and oxygen atoms in total. The molecule has 0 aliphatic carbocycles. The average molecular weight is 281 g/mol. The summed E-state index contributed by atoms with van der Waals surface area (Å²) in [5, 5.41) is 9.44. The maximum atomic E-state index is 12.3. The molecular weight excluding hydrogens is 271 g/mol. The molecule has 0 unspecified atom stereocenters. The van der Waals surface area contributed by atoms with Crippen molar-refractivity contribution in [1.82, 2.24) is 4.98 Å². The lowest BCUT2D eigenvalue weighted by molar-refractivity contribution is -0.275. The zero-order valence-electron chi connectivity index (χ0n) is 9.95. The summed E-state index contributed by atoms with van der Waals surface area (Å²) in [7, 11) is 1.04. The standard InChI is InChI=1S/C10H10F3NO5/c1-3-18-9(16)6-5(15)4-14-8(17-2)7(6)19-10(11,12)13/h4,15H,3H2,1-2H3. The summed E-state index contributed by atoms with van der Waals surface area (Å²) in [6, 6.07) is 0. The van der Waals surface area contributed by atoms with Crippen molar-refractivity contribution < 1.29 is 37.3 Å². The Morgan fingerprint density at radius 2 is 2.11 bits per heavy atom. The van der Waals surface area contributed by atoms with Crippen molar-refractivity contribution in [2.45, 2.75) is 13.3 Å². The van der Waals surface area contributed by atoms with Crippen molar-refractivity contribution in [3.05, 3.63) is 11.8 Å². The molecule has 0 amide bonds. The normalized spacial score (nSPS) is 11.0. The number of aromatic hydroxyl groups is 1. The first-order valence-electron chi connectivity index (χ1n) is 4.99. The molecule has 0 fully saturated rings. The van der Waals surface area contributed by atoms with Crippen LogP contribution in [0, 0.1) is 0 Å². The highest BCUT2D eigenvalue weighted by molar-refractivity contribution is 5.96. The molecule has 1 rings (SSSR count). The van der Waals surface area contributed by atoms with Crippen LogP contribution in [-0.2, 0) is 4.74 Å². The van der Waals surface area contributed by atoms with E-state index in [4.69, 9.17) is 0 Å². The van der Waals surface area contributed by atoms with Crippen LogP contribution in [0.2, 0.25) is 0 Å². The van der Waals surface area contributed by atoms with Crippen molar-refractivity contribution >= 4 is 5.97 Å². The summed E-state index contributed by atoms with van der Waals surface area (Å²) < 4.78 is 49.6. The summed E-state index contributed by atoms with van der Waals surface area (Å²) in [6.07, 6.45) is -4.32. The van der Waals surface area contributed by atoms with Crippen molar-refractivity contribution in [2.24, 2.45) is 0 Å². The lowest BCUT2D eigenvalue weighted by atomic mass is 10.2. The maximum Gasteiger partial charge on any atom is 0.573 e. The zero-order valence-corrected chi connectivity index (χ0v) is 9.95. The topological polar surface area (TPSA) is 77.9 Å². The fourth-order valence-corrected chi connectivity index (χ4v) is 1.22. The Morgan fingerprint density at radius 3 is 2.58 bits per heavy atom. The van der Waals surface area contributed by atoms with Gasteiger partial charge < -0.3 is 19.3 Å². The van der Waals surface area contributed by atoms with Crippen LogP contribution in [0.4, 0.5) is 13.2 Å². The predicted molar refractivity (Wildman–Crippen MR) is 55.1 cm³/mol. The van der Waals surface area contributed by atoms with Gasteiger partial charge in [0.15, 0.2) is 11.3 Å². The number of rotatable bonds is 4. The van der Waals surface area contributed by atoms with E-state index in [0.29, 0.717) is 0 Å². The molecule has 1 aromatic heterocycles. The molecule has 0 atom stereocenters. The number of pyridine rings is 1. The number of esters is 1. The molecule has 0 spiro atoms. The third-order valence-electron chi connectivity index (χ3n) is 1.87. The highest BCUT2D eigenvalue weighted by atomic mass is 19.4. The molecule has 0 radical (unpaired) electrons. The van der Waals surface area contributed by atoms with Crippen LogP contribution in [0.3, 0.4) is 0 Å². The first-order chi connectivity index (χ1) is 8.80. The van der Waals surface area contributed by atoms with Gasteiger partial charge in [-0.15, -0.1) is 13.2 Å². The van der Waals surface area contributed by atoms with E-state index >= 15 is 0 Å². The predicted octanol–water partition coefficient (Wildman–Crippen LogP) is 1.87. The van der Waals surface area contributed by atoms with E-state index in [1.807, 2.05) is 0 Å². The van der Waals surface area contributed by atoms with Gasteiger partial charge in [0.25, 0.3) is 5.88 Å². The minimum Gasteiger partial charge on any atom is -0.505 e. The Hall–Kier alpha value is -2.19. The van der Waals surface area contributed by atoms with Crippen LogP contribution < -0.4 is 9.47 Å². The molecule has 19 heavy (non-hydrogen) atoms. The van der Waals surface area contributed by atoms with Crippen LogP contribution in [0.1, 0.15) is 17.3 Å². The Bertz CT molecular complexity index is 475. The van der Waals surface area contributed by atoms with Gasteiger partial charge in [-0.25, -0.2) is 9.78 Å². The Balaban J connectivity index is 3.36. The van der Waals surface area contributed by atoms with Crippen LogP contribution in [0.25, 0.3) is 0 Å². The summed E-state index contributed by atoms with van der Waals surface area (Å²) in [4.78, 5) is 14.9. The van der Waals surface area contributed by atoms with Gasteiger partial charge in [0.1, 0.15) is 0 Å². The van der Waals surface area contributed by atoms with E-state index in [1.54, 1.807) is 0 Å². The number of hydrogen-bond donors (Lipinski definition) is 1. The van der Waals surface area contributed by atoms with Gasteiger partial charge in [-0.05, 0) is 6.92 Å².